The number of nitrogens with one attached hydrogen (secondary N) is 1. The van der Waals surface area contributed by atoms with E-state index in [0.29, 0.717) is 12.3 Å². The first-order chi connectivity index (χ1) is 14.9. The molecule has 2 N–H and O–H groups in total. The van der Waals surface area contributed by atoms with Crippen LogP contribution >= 0.6 is 11.3 Å². The molecule has 1 aliphatic heterocycles. The molecule has 0 bridgehead atoms. The number of hydrogen-bond donors (Lipinski definition) is 2. The summed E-state index contributed by atoms with van der Waals surface area (Å²) in [6, 6.07) is 9.10. The molecule has 7 nitrogen and oxygen atoms in total. The van der Waals surface area contributed by atoms with Crippen LogP contribution in [-0.2, 0) is 22.6 Å². The van der Waals surface area contributed by atoms with Crippen LogP contribution in [0.15, 0.2) is 46.5 Å². The number of furan rings is 1. The van der Waals surface area contributed by atoms with E-state index >= 15 is 0 Å². The number of thiazole rings is 1. The Morgan fingerprint density at radius 3 is 2.71 bits per heavy atom. The largest absolute Gasteiger partial charge is 0.469 e. The summed E-state index contributed by atoms with van der Waals surface area (Å²) < 4.78 is 5.35. The molecule has 2 amide bonds. The van der Waals surface area contributed by atoms with Gasteiger partial charge in [-0.1, -0.05) is 24.3 Å². The Kier molecular flexibility index (Phi) is 6.20. The van der Waals surface area contributed by atoms with E-state index in [1.54, 1.807) is 23.7 Å². The number of nitrogens with zero attached hydrogens (tertiary/aromatic N) is 2. The van der Waals surface area contributed by atoms with Crippen molar-refractivity contribution in [2.45, 2.75) is 45.4 Å². The van der Waals surface area contributed by atoms with Gasteiger partial charge in [0.25, 0.3) is 0 Å². The summed E-state index contributed by atoms with van der Waals surface area (Å²) in [6.07, 6.45) is 1.19. The van der Waals surface area contributed by atoms with E-state index in [2.05, 4.69) is 10.3 Å². The lowest BCUT2D eigenvalue weighted by molar-refractivity contribution is -0.138. The van der Waals surface area contributed by atoms with Gasteiger partial charge in [0.1, 0.15) is 11.8 Å². The first kappa shape index (κ1) is 21.3. The second-order valence-electron chi connectivity index (χ2n) is 7.90. The summed E-state index contributed by atoms with van der Waals surface area (Å²) in [6.45, 7) is 4.38. The van der Waals surface area contributed by atoms with Crippen molar-refractivity contribution in [3.63, 3.8) is 0 Å². The van der Waals surface area contributed by atoms with Gasteiger partial charge in [-0.15, -0.1) is 11.3 Å². The van der Waals surface area contributed by atoms with Crippen molar-refractivity contribution in [2.24, 2.45) is 0 Å². The molecule has 1 aliphatic rings. The fourth-order valence-corrected chi connectivity index (χ4v) is 4.64. The zero-order valence-corrected chi connectivity index (χ0v) is 18.3. The van der Waals surface area contributed by atoms with Gasteiger partial charge in [-0.2, -0.15) is 0 Å². The van der Waals surface area contributed by atoms with E-state index in [-0.39, 0.29) is 31.2 Å². The average molecular weight is 440 g/mol. The average Bonchev–Trinajstić information content (AvgIpc) is 3.46. The molecule has 162 valence electrons. The number of aliphatic hydroxyl groups excluding tert-OH is 1. The summed E-state index contributed by atoms with van der Waals surface area (Å²) >= 11 is 1.60. The molecule has 0 aliphatic carbocycles. The minimum atomic E-state index is -0.708. The predicted octanol–water partition coefficient (Wildman–Crippen LogP) is 2.84. The van der Waals surface area contributed by atoms with Gasteiger partial charge in [0.05, 0.1) is 34.9 Å². The maximum atomic E-state index is 12.8. The Labute approximate surface area is 184 Å². The first-order valence-corrected chi connectivity index (χ1v) is 11.1. The molecule has 1 fully saturated rings. The summed E-state index contributed by atoms with van der Waals surface area (Å²) in [4.78, 5) is 32.4. The third-order valence-electron chi connectivity index (χ3n) is 5.44. The van der Waals surface area contributed by atoms with E-state index in [9.17, 15) is 14.7 Å². The van der Waals surface area contributed by atoms with E-state index in [4.69, 9.17) is 4.42 Å². The smallest absolute Gasteiger partial charge is 0.243 e. The fraction of sp³-hybridized carbons (Fsp3) is 0.348. The molecular formula is C23H25N3O4S. The summed E-state index contributed by atoms with van der Waals surface area (Å²) in [5.74, 6) is 0.0672. The predicted molar refractivity (Wildman–Crippen MR) is 117 cm³/mol. The number of β-amino-alcohol motifs (C(OH)–C–C–N with tert-alkyl or cyclic N) is 1. The molecular weight excluding hydrogens is 414 g/mol. The summed E-state index contributed by atoms with van der Waals surface area (Å²) in [7, 11) is 0. The van der Waals surface area contributed by atoms with Gasteiger partial charge in [-0.3, -0.25) is 9.59 Å². The number of hydrogen-bond acceptors (Lipinski definition) is 6. The number of aliphatic hydroxyl groups is 1. The van der Waals surface area contributed by atoms with Crippen LogP contribution in [-0.4, -0.2) is 45.5 Å². The van der Waals surface area contributed by atoms with E-state index in [1.807, 2.05) is 43.6 Å². The lowest BCUT2D eigenvalue weighted by atomic mass is 10.1. The van der Waals surface area contributed by atoms with Crippen molar-refractivity contribution in [1.82, 2.24) is 15.2 Å². The number of amides is 2. The normalized spacial score (nSPS) is 18.4. The van der Waals surface area contributed by atoms with E-state index in [1.165, 1.54) is 4.90 Å². The van der Waals surface area contributed by atoms with Crippen molar-refractivity contribution in [2.75, 3.05) is 6.54 Å². The fourth-order valence-electron chi connectivity index (χ4n) is 3.83. The maximum Gasteiger partial charge on any atom is 0.243 e. The van der Waals surface area contributed by atoms with E-state index < -0.39 is 12.1 Å². The topological polar surface area (TPSA) is 95.7 Å². The van der Waals surface area contributed by atoms with Crippen LogP contribution in [0.5, 0.6) is 0 Å². The number of rotatable bonds is 6. The zero-order valence-electron chi connectivity index (χ0n) is 17.5. The molecule has 31 heavy (non-hydrogen) atoms. The number of aryl methyl sites for hydroxylation is 2. The van der Waals surface area contributed by atoms with Crippen LogP contribution in [0, 0.1) is 13.8 Å². The molecule has 0 unspecified atom stereocenters. The third kappa shape index (κ3) is 4.86. The second-order valence-corrected chi connectivity index (χ2v) is 8.75. The zero-order chi connectivity index (χ0) is 22.0. The Bertz CT molecular complexity index is 1070. The Morgan fingerprint density at radius 1 is 1.29 bits per heavy atom. The molecule has 3 aromatic rings. The van der Waals surface area contributed by atoms with Gasteiger partial charge in [0.2, 0.25) is 11.8 Å². The van der Waals surface area contributed by atoms with Gasteiger partial charge < -0.3 is 19.7 Å². The van der Waals surface area contributed by atoms with E-state index in [0.717, 1.165) is 27.3 Å². The highest BCUT2D eigenvalue weighted by molar-refractivity contribution is 7.13. The van der Waals surface area contributed by atoms with Crippen LogP contribution in [0.2, 0.25) is 0 Å². The van der Waals surface area contributed by atoms with Crippen molar-refractivity contribution < 1.29 is 19.1 Å². The van der Waals surface area contributed by atoms with Crippen molar-refractivity contribution in [1.29, 1.82) is 0 Å². The highest BCUT2D eigenvalue weighted by atomic mass is 32.1. The molecule has 2 atom stereocenters. The van der Waals surface area contributed by atoms with Gasteiger partial charge in [-0.25, -0.2) is 4.98 Å². The van der Waals surface area contributed by atoms with Crippen LogP contribution in [0.1, 0.15) is 29.0 Å². The van der Waals surface area contributed by atoms with Gasteiger partial charge in [-0.05, 0) is 36.6 Å². The van der Waals surface area contributed by atoms with Crippen LogP contribution in [0.25, 0.3) is 10.4 Å². The first-order valence-electron chi connectivity index (χ1n) is 10.2. The van der Waals surface area contributed by atoms with Crippen LogP contribution in [0.4, 0.5) is 0 Å². The number of carbonyl (C=O) groups excluding carboxylic acids is 2. The molecule has 0 spiro atoms. The van der Waals surface area contributed by atoms with Crippen molar-refractivity contribution in [3.8, 4) is 10.4 Å². The highest BCUT2D eigenvalue weighted by Gasteiger charge is 2.38. The summed E-state index contributed by atoms with van der Waals surface area (Å²) in [5.41, 5.74) is 5.82. The lowest BCUT2D eigenvalue weighted by Crippen LogP contribution is -2.46. The molecule has 0 radical (unpaired) electrons. The molecule has 1 aromatic carbocycles. The standard InChI is InChI=1S/C23H25N3O4S/c1-14-7-19(30-12-14)9-21(28)26-11-18(27)8-20(26)23(29)24-10-16-3-5-17(6-4-16)22-15(2)25-13-31-22/h3-7,12-13,18,20,27H,8-11H2,1-2H3,(H,24,29)/t18-,20+/m1/s1. The number of likely N-dealkylation sites (tertiary alicyclic amines) is 1. The highest BCUT2D eigenvalue weighted by Crippen LogP contribution is 2.27. The maximum absolute atomic E-state index is 12.8. The molecule has 4 rings (SSSR count). The Hall–Kier alpha value is -2.97. The number of aromatic nitrogens is 1. The molecule has 3 heterocycles. The second kappa shape index (κ2) is 9.03. The molecule has 8 heteroatoms. The summed E-state index contributed by atoms with van der Waals surface area (Å²) in [5, 5.41) is 13.0. The van der Waals surface area contributed by atoms with Gasteiger partial charge in [0, 0.05) is 19.5 Å². The lowest BCUT2D eigenvalue weighted by Gasteiger charge is -2.23. The minimum absolute atomic E-state index is 0.0722. The Balaban J connectivity index is 1.36. The van der Waals surface area contributed by atoms with Gasteiger partial charge >= 0.3 is 0 Å². The number of benzene rings is 1. The molecule has 0 saturated carbocycles. The van der Waals surface area contributed by atoms with Crippen molar-refractivity contribution >= 4 is 23.2 Å². The Morgan fingerprint density at radius 2 is 2.06 bits per heavy atom. The van der Waals surface area contributed by atoms with Crippen LogP contribution in [0.3, 0.4) is 0 Å². The van der Waals surface area contributed by atoms with Crippen molar-refractivity contribution in [3.05, 3.63) is 64.7 Å². The molecule has 1 saturated heterocycles. The minimum Gasteiger partial charge on any atom is -0.469 e. The molecule has 2 aromatic heterocycles. The SMILES string of the molecule is Cc1coc(CC(=O)N2C[C@H](O)C[C@H]2C(=O)NCc2ccc(-c3scnc3C)cc2)c1. The number of carbonyl (C=O) groups is 2. The quantitative estimate of drug-likeness (QED) is 0.616. The van der Waals surface area contributed by atoms with Crippen LogP contribution < -0.4 is 5.32 Å². The third-order valence-corrected chi connectivity index (χ3v) is 6.42. The van der Waals surface area contributed by atoms with Gasteiger partial charge in [0.15, 0.2) is 0 Å². The monoisotopic (exact) mass is 439 g/mol.